The highest BCUT2D eigenvalue weighted by atomic mass is 79.9. The summed E-state index contributed by atoms with van der Waals surface area (Å²) in [6.45, 7) is 2.16. The molecule has 1 aromatic heterocycles. The average Bonchev–Trinajstić information content (AvgIpc) is 3.04. The van der Waals surface area contributed by atoms with Crippen LogP contribution < -0.4 is 5.32 Å². The van der Waals surface area contributed by atoms with Gasteiger partial charge in [0.15, 0.2) is 16.8 Å². The number of hydrogen-bond donors (Lipinski definition) is 1. The van der Waals surface area contributed by atoms with Gasteiger partial charge in [0.05, 0.1) is 12.3 Å². The van der Waals surface area contributed by atoms with E-state index in [1.165, 1.54) is 11.8 Å². The molecule has 0 aliphatic heterocycles. The molecule has 1 heterocycles. The number of carbonyl (C=O) groups is 2. The first-order valence-electron chi connectivity index (χ1n) is 8.59. The maximum Gasteiger partial charge on any atom is 0.251 e. The van der Waals surface area contributed by atoms with Crippen LogP contribution >= 0.6 is 27.7 Å². The number of rotatable bonds is 7. The zero-order valence-electron chi connectivity index (χ0n) is 15.5. The quantitative estimate of drug-likeness (QED) is 0.430. The van der Waals surface area contributed by atoms with Crippen molar-refractivity contribution in [3.05, 3.63) is 75.5 Å². The van der Waals surface area contributed by atoms with E-state index in [4.69, 9.17) is 0 Å². The summed E-state index contributed by atoms with van der Waals surface area (Å²) >= 11 is 4.68. The number of amides is 1. The Balaban J connectivity index is 1.58. The molecule has 0 saturated carbocycles. The molecule has 0 atom stereocenters. The van der Waals surface area contributed by atoms with Gasteiger partial charge in [-0.2, -0.15) is 0 Å². The van der Waals surface area contributed by atoms with Gasteiger partial charge in [-0.25, -0.2) is 0 Å². The lowest BCUT2D eigenvalue weighted by atomic mass is 10.1. The number of hydrogen-bond acceptors (Lipinski definition) is 5. The number of aromatic nitrogens is 3. The summed E-state index contributed by atoms with van der Waals surface area (Å²) in [7, 11) is 1.82. The number of benzene rings is 2. The van der Waals surface area contributed by atoms with Gasteiger partial charge >= 0.3 is 0 Å². The lowest BCUT2D eigenvalue weighted by molar-refractivity contribution is 0.0948. The molecule has 6 nitrogen and oxygen atoms in total. The molecule has 0 aliphatic rings. The first-order valence-corrected chi connectivity index (χ1v) is 10.4. The summed E-state index contributed by atoms with van der Waals surface area (Å²) in [6, 6.07) is 14.7. The highest BCUT2D eigenvalue weighted by molar-refractivity contribution is 9.10. The maximum absolute atomic E-state index is 12.3. The molecule has 0 saturated heterocycles. The van der Waals surface area contributed by atoms with Crippen molar-refractivity contribution in [2.24, 2.45) is 7.05 Å². The molecule has 1 amide bonds. The first kappa shape index (κ1) is 20.3. The monoisotopic (exact) mass is 458 g/mol. The molecular formula is C20H19BrN4O2S. The highest BCUT2D eigenvalue weighted by Crippen LogP contribution is 2.18. The summed E-state index contributed by atoms with van der Waals surface area (Å²) in [5, 5.41) is 11.7. The summed E-state index contributed by atoms with van der Waals surface area (Å²) < 4.78 is 2.72. The number of nitrogens with zero attached hydrogens (tertiary/aromatic N) is 3. The number of nitrogens with one attached hydrogen (secondary N) is 1. The van der Waals surface area contributed by atoms with Crippen LogP contribution in [0.4, 0.5) is 0 Å². The van der Waals surface area contributed by atoms with Crippen LogP contribution in [0.25, 0.3) is 0 Å². The Bertz CT molecular complexity index is 1000. The van der Waals surface area contributed by atoms with E-state index in [0.717, 1.165) is 10.0 Å². The minimum atomic E-state index is -0.152. The second-order valence-electron chi connectivity index (χ2n) is 6.17. The summed E-state index contributed by atoms with van der Waals surface area (Å²) in [4.78, 5) is 24.6. The summed E-state index contributed by atoms with van der Waals surface area (Å²) in [5.41, 5.74) is 2.21. The topological polar surface area (TPSA) is 76.9 Å². The van der Waals surface area contributed by atoms with Gasteiger partial charge in [-0.1, -0.05) is 58.0 Å². The third-order valence-corrected chi connectivity index (χ3v) is 5.77. The molecule has 28 heavy (non-hydrogen) atoms. The van der Waals surface area contributed by atoms with Crippen molar-refractivity contribution >= 4 is 39.4 Å². The number of carbonyl (C=O) groups excluding carboxylic acids is 2. The van der Waals surface area contributed by atoms with E-state index in [1.54, 1.807) is 22.8 Å². The normalized spacial score (nSPS) is 10.7. The second-order valence-corrected chi connectivity index (χ2v) is 8.03. The molecule has 0 radical (unpaired) electrons. The fourth-order valence-corrected chi connectivity index (χ4v) is 3.64. The molecule has 3 aromatic rings. The van der Waals surface area contributed by atoms with Crippen LogP contribution in [0, 0.1) is 6.92 Å². The van der Waals surface area contributed by atoms with Gasteiger partial charge in [0.25, 0.3) is 5.91 Å². The zero-order valence-corrected chi connectivity index (χ0v) is 17.9. The number of thioether (sulfide) groups is 1. The van der Waals surface area contributed by atoms with Crippen molar-refractivity contribution < 1.29 is 9.59 Å². The van der Waals surface area contributed by atoms with Gasteiger partial charge in [-0.15, -0.1) is 10.2 Å². The van der Waals surface area contributed by atoms with Crippen LogP contribution in [-0.2, 0) is 13.6 Å². The lowest BCUT2D eigenvalue weighted by Gasteiger charge is -2.07. The van der Waals surface area contributed by atoms with Crippen LogP contribution in [0.15, 0.2) is 58.2 Å². The number of Topliss-reactive ketones (excluding diaryl/α,β-unsaturated/α-hetero) is 1. The fraction of sp³-hybridized carbons (Fsp3) is 0.200. The maximum atomic E-state index is 12.3. The largest absolute Gasteiger partial charge is 0.345 e. The Morgan fingerprint density at radius 3 is 2.54 bits per heavy atom. The smallest absolute Gasteiger partial charge is 0.251 e. The molecule has 0 fully saturated rings. The minimum Gasteiger partial charge on any atom is -0.345 e. The van der Waals surface area contributed by atoms with Gasteiger partial charge in [-0.05, 0) is 30.7 Å². The molecule has 0 bridgehead atoms. The standard InChI is InChI=1S/C20H19BrN4O2S/c1-13-5-3-4-6-16(13)19(27)22-11-18-23-24-20(25(18)2)28-12-17(26)14-7-9-15(21)10-8-14/h3-10H,11-12H2,1-2H3,(H,22,27). The number of ketones is 1. The van der Waals surface area contributed by atoms with Crippen LogP contribution in [-0.4, -0.2) is 32.2 Å². The van der Waals surface area contributed by atoms with Crippen molar-refractivity contribution in [2.45, 2.75) is 18.6 Å². The number of aryl methyl sites for hydroxylation is 1. The van der Waals surface area contributed by atoms with Crippen LogP contribution in [0.5, 0.6) is 0 Å². The van der Waals surface area contributed by atoms with Crippen molar-refractivity contribution in [1.29, 1.82) is 0 Å². The Kier molecular flexibility index (Phi) is 6.64. The lowest BCUT2D eigenvalue weighted by Crippen LogP contribution is -2.25. The molecule has 2 aromatic carbocycles. The third-order valence-electron chi connectivity index (χ3n) is 4.22. The Hall–Kier alpha value is -2.45. The molecule has 8 heteroatoms. The van der Waals surface area contributed by atoms with Crippen molar-refractivity contribution in [3.63, 3.8) is 0 Å². The van der Waals surface area contributed by atoms with E-state index in [2.05, 4.69) is 31.4 Å². The molecule has 144 valence electrons. The van der Waals surface area contributed by atoms with Gasteiger partial charge in [-0.3, -0.25) is 9.59 Å². The SMILES string of the molecule is Cc1ccccc1C(=O)NCc1nnc(SCC(=O)c2ccc(Br)cc2)n1C. The highest BCUT2D eigenvalue weighted by Gasteiger charge is 2.14. The predicted octanol–water partition coefficient (Wildman–Crippen LogP) is 3.79. The van der Waals surface area contributed by atoms with Gasteiger partial charge in [0.1, 0.15) is 0 Å². The van der Waals surface area contributed by atoms with Crippen molar-refractivity contribution in [3.8, 4) is 0 Å². The van der Waals surface area contributed by atoms with E-state index >= 15 is 0 Å². The Morgan fingerprint density at radius 2 is 1.82 bits per heavy atom. The summed E-state index contributed by atoms with van der Waals surface area (Å²) in [5.74, 6) is 0.763. The predicted molar refractivity (Wildman–Crippen MR) is 113 cm³/mol. The molecule has 1 N–H and O–H groups in total. The van der Waals surface area contributed by atoms with Crippen LogP contribution in [0.1, 0.15) is 32.1 Å². The van der Waals surface area contributed by atoms with E-state index in [9.17, 15) is 9.59 Å². The molecule has 0 aliphatic carbocycles. The molecule has 0 spiro atoms. The first-order chi connectivity index (χ1) is 13.5. The van der Waals surface area contributed by atoms with E-state index < -0.39 is 0 Å². The van der Waals surface area contributed by atoms with Gasteiger partial charge < -0.3 is 9.88 Å². The third kappa shape index (κ3) is 4.88. The van der Waals surface area contributed by atoms with Crippen LogP contribution in [0.3, 0.4) is 0 Å². The van der Waals surface area contributed by atoms with Crippen molar-refractivity contribution in [1.82, 2.24) is 20.1 Å². The average molecular weight is 459 g/mol. The molecule has 0 unspecified atom stereocenters. The molecule has 3 rings (SSSR count). The molecular weight excluding hydrogens is 440 g/mol. The zero-order chi connectivity index (χ0) is 20.1. The Morgan fingerprint density at radius 1 is 1.11 bits per heavy atom. The van der Waals surface area contributed by atoms with Gasteiger partial charge in [0.2, 0.25) is 0 Å². The summed E-state index contributed by atoms with van der Waals surface area (Å²) in [6.07, 6.45) is 0. The number of halogens is 1. The van der Waals surface area contributed by atoms with E-state index in [0.29, 0.717) is 22.1 Å². The fourth-order valence-electron chi connectivity index (χ4n) is 2.56. The minimum absolute atomic E-state index is 0.0231. The van der Waals surface area contributed by atoms with Crippen molar-refractivity contribution in [2.75, 3.05) is 5.75 Å². The van der Waals surface area contributed by atoms with E-state index in [-0.39, 0.29) is 24.0 Å². The Labute approximate surface area is 175 Å². The van der Waals surface area contributed by atoms with Crippen LogP contribution in [0.2, 0.25) is 0 Å². The van der Waals surface area contributed by atoms with E-state index in [1.807, 2.05) is 44.3 Å². The second kappa shape index (κ2) is 9.16. The van der Waals surface area contributed by atoms with Gasteiger partial charge in [0, 0.05) is 22.6 Å².